The van der Waals surface area contributed by atoms with Gasteiger partial charge < -0.3 is 10.0 Å². The van der Waals surface area contributed by atoms with Crippen LogP contribution in [0.25, 0.3) is 0 Å². The molecular formula is C19H18N2O5. The van der Waals surface area contributed by atoms with Crippen LogP contribution in [0.1, 0.15) is 36.2 Å². The second-order valence-corrected chi connectivity index (χ2v) is 6.52. The number of nitrogens with zero attached hydrogens (tertiary/aromatic N) is 2. The molecule has 0 aliphatic carbocycles. The number of nitro groups is 1. The van der Waals surface area contributed by atoms with E-state index >= 15 is 0 Å². The van der Waals surface area contributed by atoms with Crippen LogP contribution in [0.4, 0.5) is 11.4 Å². The predicted molar refractivity (Wildman–Crippen MR) is 95.0 cm³/mol. The molecule has 0 unspecified atom stereocenters. The summed E-state index contributed by atoms with van der Waals surface area (Å²) >= 11 is 0. The number of anilines is 1. The normalized spacial score (nSPS) is 18.9. The van der Waals surface area contributed by atoms with Gasteiger partial charge in [-0.3, -0.25) is 19.7 Å². The first-order valence-corrected chi connectivity index (χ1v) is 8.19. The Hall–Kier alpha value is -3.06. The van der Waals surface area contributed by atoms with E-state index in [2.05, 4.69) is 0 Å². The van der Waals surface area contributed by atoms with Crippen molar-refractivity contribution in [2.45, 2.75) is 31.9 Å². The number of rotatable bonds is 5. The molecule has 3 rings (SSSR count). The summed E-state index contributed by atoms with van der Waals surface area (Å²) in [6.45, 7) is 3.62. The molecule has 2 aromatic carbocycles. The maximum atomic E-state index is 12.9. The maximum Gasteiger partial charge on any atom is 0.280 e. The van der Waals surface area contributed by atoms with Crippen molar-refractivity contribution in [1.82, 2.24) is 0 Å². The largest absolute Gasteiger partial charge is 0.375 e. The molecule has 1 heterocycles. The molecule has 0 aromatic heterocycles. The van der Waals surface area contributed by atoms with Crippen LogP contribution in [-0.2, 0) is 10.4 Å². The Balaban J connectivity index is 2.03. The highest BCUT2D eigenvalue weighted by Crippen LogP contribution is 2.44. The number of para-hydroxylation sites is 2. The van der Waals surface area contributed by atoms with E-state index < -0.39 is 28.6 Å². The highest BCUT2D eigenvalue weighted by molar-refractivity contribution is 6.11. The minimum Gasteiger partial charge on any atom is -0.375 e. The van der Waals surface area contributed by atoms with Gasteiger partial charge in [-0.1, -0.05) is 30.3 Å². The lowest BCUT2D eigenvalue weighted by atomic mass is 9.88. The zero-order valence-corrected chi connectivity index (χ0v) is 14.4. The van der Waals surface area contributed by atoms with E-state index in [1.54, 1.807) is 24.3 Å². The van der Waals surface area contributed by atoms with E-state index in [1.165, 1.54) is 29.2 Å². The van der Waals surface area contributed by atoms with Gasteiger partial charge in [0.25, 0.3) is 11.6 Å². The van der Waals surface area contributed by atoms with E-state index in [-0.39, 0.29) is 17.3 Å². The molecule has 26 heavy (non-hydrogen) atoms. The first-order valence-electron chi connectivity index (χ1n) is 8.19. The Bertz CT molecular complexity index is 908. The zero-order chi connectivity index (χ0) is 19.1. The van der Waals surface area contributed by atoms with E-state index in [4.69, 9.17) is 0 Å². The van der Waals surface area contributed by atoms with Crippen molar-refractivity contribution in [2.24, 2.45) is 0 Å². The second-order valence-electron chi connectivity index (χ2n) is 6.52. The van der Waals surface area contributed by atoms with Crippen LogP contribution in [-0.4, -0.2) is 27.8 Å². The first kappa shape index (κ1) is 17.8. The number of benzene rings is 2. The minimum atomic E-state index is -2.04. The third kappa shape index (κ3) is 2.66. The Morgan fingerprint density at radius 3 is 2.46 bits per heavy atom. The van der Waals surface area contributed by atoms with Crippen molar-refractivity contribution in [1.29, 1.82) is 0 Å². The summed E-state index contributed by atoms with van der Waals surface area (Å²) < 4.78 is 0. The molecule has 1 atom stereocenters. The Labute approximate surface area is 150 Å². The fourth-order valence-corrected chi connectivity index (χ4v) is 3.34. The number of Topliss-reactive ketones (excluding diaryl/α,β-unsaturated/α-hetero) is 1. The molecule has 0 saturated carbocycles. The van der Waals surface area contributed by atoms with E-state index in [0.717, 1.165) is 0 Å². The number of amides is 1. The number of hydrogen-bond donors (Lipinski definition) is 1. The van der Waals surface area contributed by atoms with Gasteiger partial charge in [-0.25, -0.2) is 0 Å². The molecule has 7 nitrogen and oxygen atoms in total. The molecule has 1 aliphatic rings. The monoisotopic (exact) mass is 354 g/mol. The fraction of sp³-hybridized carbons (Fsp3) is 0.263. The summed E-state index contributed by atoms with van der Waals surface area (Å²) in [5, 5.41) is 22.3. The maximum absolute atomic E-state index is 12.9. The van der Waals surface area contributed by atoms with Crippen molar-refractivity contribution in [3.05, 3.63) is 69.8 Å². The lowest BCUT2D eigenvalue weighted by Gasteiger charge is -2.25. The van der Waals surface area contributed by atoms with E-state index in [0.29, 0.717) is 11.3 Å². The number of nitro benzene ring substituents is 1. The number of aliphatic hydroxyl groups is 1. The van der Waals surface area contributed by atoms with Gasteiger partial charge in [0.05, 0.1) is 22.6 Å². The van der Waals surface area contributed by atoms with Crippen molar-refractivity contribution in [3.63, 3.8) is 0 Å². The topological polar surface area (TPSA) is 101 Å². The Kier molecular flexibility index (Phi) is 4.33. The number of fused-ring (bicyclic) bond motifs is 1. The van der Waals surface area contributed by atoms with Gasteiger partial charge in [-0.15, -0.1) is 0 Å². The molecule has 1 aliphatic heterocycles. The molecular weight excluding hydrogens is 336 g/mol. The van der Waals surface area contributed by atoms with Gasteiger partial charge in [0.15, 0.2) is 11.4 Å². The standard InChI is InChI=1S/C19H18N2O5/c1-12(2)20-16-10-6-4-8-14(16)19(24,18(20)23)11-17(22)13-7-3-5-9-15(13)21(25)26/h3-10,12,24H,11H2,1-2H3/t19-/m1/s1. The highest BCUT2D eigenvalue weighted by atomic mass is 16.6. The summed E-state index contributed by atoms with van der Waals surface area (Å²) in [5.41, 5.74) is -1.63. The van der Waals surface area contributed by atoms with Crippen LogP contribution in [0.2, 0.25) is 0 Å². The van der Waals surface area contributed by atoms with Gasteiger partial charge in [-0.2, -0.15) is 0 Å². The molecule has 0 bridgehead atoms. The summed E-state index contributed by atoms with van der Waals surface area (Å²) in [5.74, 6) is -1.26. The third-order valence-electron chi connectivity index (χ3n) is 4.52. The van der Waals surface area contributed by atoms with E-state index in [1.807, 2.05) is 13.8 Å². The SMILES string of the molecule is CC(C)N1C(=O)[C@@](O)(CC(=O)c2ccccc2[N+](=O)[O-])c2ccccc21. The van der Waals surface area contributed by atoms with Crippen LogP contribution in [0.15, 0.2) is 48.5 Å². The number of carbonyl (C=O) groups is 2. The summed E-state index contributed by atoms with van der Waals surface area (Å²) in [7, 11) is 0. The number of ketones is 1. The molecule has 134 valence electrons. The van der Waals surface area contributed by atoms with Crippen LogP contribution >= 0.6 is 0 Å². The van der Waals surface area contributed by atoms with Crippen LogP contribution in [0.5, 0.6) is 0 Å². The van der Waals surface area contributed by atoms with Crippen molar-refractivity contribution in [3.8, 4) is 0 Å². The number of carbonyl (C=O) groups excluding carboxylic acids is 2. The minimum absolute atomic E-state index is 0.126. The molecule has 0 saturated heterocycles. The first-order chi connectivity index (χ1) is 12.3. The second kappa shape index (κ2) is 6.34. The molecule has 0 spiro atoms. The Morgan fingerprint density at radius 1 is 1.19 bits per heavy atom. The summed E-state index contributed by atoms with van der Waals surface area (Å²) in [6.07, 6.45) is -0.559. The van der Waals surface area contributed by atoms with E-state index in [9.17, 15) is 24.8 Å². The van der Waals surface area contributed by atoms with Gasteiger partial charge in [-0.05, 0) is 26.0 Å². The predicted octanol–water partition coefficient (Wildman–Crippen LogP) is 2.81. The van der Waals surface area contributed by atoms with Crippen molar-refractivity contribution >= 4 is 23.1 Å². The van der Waals surface area contributed by atoms with Gasteiger partial charge in [0, 0.05) is 17.7 Å². The molecule has 0 radical (unpaired) electrons. The summed E-state index contributed by atoms with van der Waals surface area (Å²) in [4.78, 5) is 37.6. The fourth-order valence-electron chi connectivity index (χ4n) is 3.34. The van der Waals surface area contributed by atoms with Crippen LogP contribution < -0.4 is 4.90 Å². The lowest BCUT2D eigenvalue weighted by Crippen LogP contribution is -2.44. The van der Waals surface area contributed by atoms with Gasteiger partial charge in [0.1, 0.15) is 0 Å². The smallest absolute Gasteiger partial charge is 0.280 e. The molecule has 7 heteroatoms. The summed E-state index contributed by atoms with van der Waals surface area (Å²) in [6, 6.07) is 12.0. The van der Waals surface area contributed by atoms with Crippen molar-refractivity contribution < 1.29 is 19.6 Å². The highest BCUT2D eigenvalue weighted by Gasteiger charge is 2.51. The zero-order valence-electron chi connectivity index (χ0n) is 14.4. The van der Waals surface area contributed by atoms with Gasteiger partial charge >= 0.3 is 0 Å². The van der Waals surface area contributed by atoms with Gasteiger partial charge in [0.2, 0.25) is 0 Å². The lowest BCUT2D eigenvalue weighted by molar-refractivity contribution is -0.385. The van der Waals surface area contributed by atoms with Crippen molar-refractivity contribution in [2.75, 3.05) is 4.90 Å². The Morgan fingerprint density at radius 2 is 1.81 bits per heavy atom. The molecule has 2 aromatic rings. The number of hydrogen-bond acceptors (Lipinski definition) is 5. The molecule has 1 amide bonds. The quantitative estimate of drug-likeness (QED) is 0.505. The average molecular weight is 354 g/mol. The molecule has 1 N–H and O–H groups in total. The molecule has 0 fully saturated rings. The third-order valence-corrected chi connectivity index (χ3v) is 4.52. The average Bonchev–Trinajstić information content (AvgIpc) is 2.83. The van der Waals surface area contributed by atoms with Crippen LogP contribution in [0.3, 0.4) is 0 Å². The van der Waals surface area contributed by atoms with Crippen LogP contribution in [0, 0.1) is 10.1 Å².